The lowest BCUT2D eigenvalue weighted by atomic mass is 9.69. The van der Waals surface area contributed by atoms with Crippen LogP contribution in [0.5, 0.6) is 0 Å². The first-order chi connectivity index (χ1) is 10.8. The molecule has 0 aromatic carbocycles. The van der Waals surface area contributed by atoms with E-state index >= 15 is 0 Å². The summed E-state index contributed by atoms with van der Waals surface area (Å²) in [4.78, 5) is 4.43. The molecule has 0 radical (unpaired) electrons. The van der Waals surface area contributed by atoms with Gasteiger partial charge in [0.05, 0.1) is 0 Å². The standard InChI is InChI=1S/C18H33N3O.HI/c1-19-18(20-13-14-8-10-22-11-9-14)21-17-7-6-15-4-2-3-5-16(15)12-17;/h14-17H,2-13H2,1H3,(H2,19,20,21);1H. The Balaban J connectivity index is 0.00000192. The van der Waals surface area contributed by atoms with E-state index in [0.29, 0.717) is 6.04 Å². The number of nitrogens with zero attached hydrogens (tertiary/aromatic N) is 1. The van der Waals surface area contributed by atoms with Crippen molar-refractivity contribution in [3.63, 3.8) is 0 Å². The molecule has 0 aromatic heterocycles. The summed E-state index contributed by atoms with van der Waals surface area (Å²) in [5.74, 6) is 3.73. The van der Waals surface area contributed by atoms with Crippen LogP contribution in [0.1, 0.15) is 57.8 Å². The predicted molar refractivity (Wildman–Crippen MR) is 107 cm³/mol. The molecular weight excluding hydrogens is 401 g/mol. The molecule has 2 saturated carbocycles. The van der Waals surface area contributed by atoms with Gasteiger partial charge in [0.1, 0.15) is 0 Å². The van der Waals surface area contributed by atoms with E-state index in [1.807, 2.05) is 7.05 Å². The van der Waals surface area contributed by atoms with Crippen LogP contribution in [0.2, 0.25) is 0 Å². The Hall–Kier alpha value is -0.0400. The molecule has 4 nitrogen and oxygen atoms in total. The van der Waals surface area contributed by atoms with Gasteiger partial charge >= 0.3 is 0 Å². The number of hydrogen-bond donors (Lipinski definition) is 2. The molecule has 3 rings (SSSR count). The topological polar surface area (TPSA) is 45.7 Å². The quantitative estimate of drug-likeness (QED) is 0.405. The summed E-state index contributed by atoms with van der Waals surface area (Å²) < 4.78 is 5.43. The molecule has 23 heavy (non-hydrogen) atoms. The second-order valence-electron chi connectivity index (χ2n) is 7.47. The average molecular weight is 435 g/mol. The molecule has 0 aromatic rings. The van der Waals surface area contributed by atoms with Crippen LogP contribution in [0, 0.1) is 17.8 Å². The molecule has 3 aliphatic rings. The third-order valence-corrected chi connectivity index (χ3v) is 6.00. The van der Waals surface area contributed by atoms with Crippen LogP contribution in [-0.4, -0.2) is 38.8 Å². The van der Waals surface area contributed by atoms with E-state index in [-0.39, 0.29) is 24.0 Å². The SMILES string of the molecule is CN=C(NCC1CCOCC1)NC1CCC2CCCCC2C1.I. The highest BCUT2D eigenvalue weighted by Crippen LogP contribution is 2.40. The van der Waals surface area contributed by atoms with Gasteiger partial charge in [-0.3, -0.25) is 4.99 Å². The minimum Gasteiger partial charge on any atom is -0.381 e. The zero-order chi connectivity index (χ0) is 15.2. The van der Waals surface area contributed by atoms with E-state index in [0.717, 1.165) is 43.5 Å². The molecule has 5 heteroatoms. The third-order valence-electron chi connectivity index (χ3n) is 6.00. The number of fused-ring (bicyclic) bond motifs is 1. The third kappa shape index (κ3) is 5.76. The summed E-state index contributed by atoms with van der Waals surface area (Å²) in [7, 11) is 1.89. The maximum atomic E-state index is 5.43. The smallest absolute Gasteiger partial charge is 0.191 e. The van der Waals surface area contributed by atoms with E-state index in [4.69, 9.17) is 4.74 Å². The number of nitrogens with one attached hydrogen (secondary N) is 2. The van der Waals surface area contributed by atoms with Crippen LogP contribution < -0.4 is 10.6 Å². The monoisotopic (exact) mass is 435 g/mol. The number of halogens is 1. The molecule has 1 saturated heterocycles. The lowest BCUT2D eigenvalue weighted by Crippen LogP contribution is -2.48. The van der Waals surface area contributed by atoms with Gasteiger partial charge in [0.25, 0.3) is 0 Å². The van der Waals surface area contributed by atoms with Crippen LogP contribution in [0.3, 0.4) is 0 Å². The van der Waals surface area contributed by atoms with Crippen LogP contribution in [0.25, 0.3) is 0 Å². The van der Waals surface area contributed by atoms with Gasteiger partial charge in [0.2, 0.25) is 0 Å². The Labute approximate surface area is 158 Å². The van der Waals surface area contributed by atoms with Gasteiger partial charge in [-0.15, -0.1) is 24.0 Å². The molecule has 1 heterocycles. The van der Waals surface area contributed by atoms with Crippen molar-refractivity contribution in [1.29, 1.82) is 0 Å². The molecule has 3 fully saturated rings. The van der Waals surface area contributed by atoms with Crippen molar-refractivity contribution >= 4 is 29.9 Å². The maximum Gasteiger partial charge on any atom is 0.191 e. The molecule has 0 bridgehead atoms. The predicted octanol–water partition coefficient (Wildman–Crippen LogP) is 3.55. The molecule has 0 spiro atoms. The Bertz CT molecular complexity index is 371. The first-order valence-corrected chi connectivity index (χ1v) is 9.40. The zero-order valence-corrected chi connectivity index (χ0v) is 16.9. The van der Waals surface area contributed by atoms with Crippen molar-refractivity contribution in [3.05, 3.63) is 0 Å². The fourth-order valence-corrected chi connectivity index (χ4v) is 4.58. The minimum absolute atomic E-state index is 0. The number of aliphatic imine (C=N–C) groups is 1. The second-order valence-corrected chi connectivity index (χ2v) is 7.47. The van der Waals surface area contributed by atoms with Crippen LogP contribution in [-0.2, 0) is 4.74 Å². The first kappa shape index (κ1) is 19.3. The minimum atomic E-state index is 0. The van der Waals surface area contributed by atoms with Crippen LogP contribution in [0.4, 0.5) is 0 Å². The summed E-state index contributed by atoms with van der Waals surface area (Å²) in [5.41, 5.74) is 0. The summed E-state index contributed by atoms with van der Waals surface area (Å²) in [6, 6.07) is 0.625. The van der Waals surface area contributed by atoms with E-state index in [2.05, 4.69) is 15.6 Å². The molecule has 2 aliphatic carbocycles. The van der Waals surface area contributed by atoms with E-state index in [1.165, 1.54) is 57.8 Å². The van der Waals surface area contributed by atoms with Gasteiger partial charge in [0, 0.05) is 32.8 Å². The Morgan fingerprint density at radius 2 is 1.74 bits per heavy atom. The van der Waals surface area contributed by atoms with Crippen molar-refractivity contribution in [2.45, 2.75) is 63.8 Å². The van der Waals surface area contributed by atoms with Gasteiger partial charge in [-0.1, -0.05) is 25.7 Å². The fraction of sp³-hybridized carbons (Fsp3) is 0.944. The molecule has 134 valence electrons. The largest absolute Gasteiger partial charge is 0.381 e. The van der Waals surface area contributed by atoms with Crippen LogP contribution >= 0.6 is 24.0 Å². The first-order valence-electron chi connectivity index (χ1n) is 9.40. The molecule has 1 aliphatic heterocycles. The number of hydrogen-bond acceptors (Lipinski definition) is 2. The molecule has 3 unspecified atom stereocenters. The Morgan fingerprint density at radius 1 is 1.00 bits per heavy atom. The van der Waals surface area contributed by atoms with Crippen molar-refractivity contribution in [2.75, 3.05) is 26.8 Å². The van der Waals surface area contributed by atoms with Gasteiger partial charge in [-0.05, 0) is 49.9 Å². The van der Waals surface area contributed by atoms with Gasteiger partial charge in [-0.25, -0.2) is 0 Å². The van der Waals surface area contributed by atoms with Gasteiger partial charge in [-0.2, -0.15) is 0 Å². The van der Waals surface area contributed by atoms with Crippen molar-refractivity contribution in [3.8, 4) is 0 Å². The molecule has 3 atom stereocenters. The molecular formula is C18H34IN3O. The number of rotatable bonds is 3. The second kappa shape index (κ2) is 10.1. The lowest BCUT2D eigenvalue weighted by molar-refractivity contribution is 0.0675. The summed E-state index contributed by atoms with van der Waals surface area (Å²) in [6.45, 7) is 2.87. The summed E-state index contributed by atoms with van der Waals surface area (Å²) in [6.07, 6.45) is 12.3. The highest BCUT2D eigenvalue weighted by molar-refractivity contribution is 14.0. The van der Waals surface area contributed by atoms with Crippen molar-refractivity contribution in [2.24, 2.45) is 22.7 Å². The highest BCUT2D eigenvalue weighted by atomic mass is 127. The van der Waals surface area contributed by atoms with E-state index in [1.54, 1.807) is 0 Å². The maximum absolute atomic E-state index is 5.43. The van der Waals surface area contributed by atoms with E-state index < -0.39 is 0 Å². The Morgan fingerprint density at radius 3 is 2.48 bits per heavy atom. The van der Waals surface area contributed by atoms with Crippen molar-refractivity contribution in [1.82, 2.24) is 10.6 Å². The van der Waals surface area contributed by atoms with Gasteiger partial charge in [0.15, 0.2) is 5.96 Å². The normalized spacial score (nSPS) is 32.6. The average Bonchev–Trinajstić information content (AvgIpc) is 2.59. The zero-order valence-electron chi connectivity index (χ0n) is 14.6. The number of guanidine groups is 1. The fourth-order valence-electron chi connectivity index (χ4n) is 4.58. The lowest BCUT2D eigenvalue weighted by Gasteiger charge is -2.40. The van der Waals surface area contributed by atoms with Crippen molar-refractivity contribution < 1.29 is 4.74 Å². The van der Waals surface area contributed by atoms with E-state index in [9.17, 15) is 0 Å². The van der Waals surface area contributed by atoms with Gasteiger partial charge < -0.3 is 15.4 Å². The summed E-state index contributed by atoms with van der Waals surface area (Å²) >= 11 is 0. The molecule has 0 amide bonds. The summed E-state index contributed by atoms with van der Waals surface area (Å²) in [5, 5.41) is 7.23. The van der Waals surface area contributed by atoms with Crippen LogP contribution in [0.15, 0.2) is 4.99 Å². The molecule has 2 N–H and O–H groups in total. The number of ether oxygens (including phenoxy) is 1. The highest BCUT2D eigenvalue weighted by Gasteiger charge is 2.32. The Kier molecular flexibility index (Phi) is 8.44.